The number of imidazole rings is 1. The Hall–Kier alpha value is -1.79. The van der Waals surface area contributed by atoms with Gasteiger partial charge in [-0.05, 0) is 18.2 Å². The number of aromatic nitrogens is 2. The number of halogens is 2. The molecule has 3 rings (SSSR count). The molecule has 1 unspecified atom stereocenters. The third-order valence-corrected chi connectivity index (χ3v) is 3.93. The Morgan fingerprint density at radius 1 is 1.38 bits per heavy atom. The molecule has 1 aromatic heterocycles. The molecule has 2 aromatic rings. The highest BCUT2D eigenvalue weighted by atomic mass is 19.1. The Labute approximate surface area is 121 Å². The van der Waals surface area contributed by atoms with Crippen LogP contribution in [0.2, 0.25) is 0 Å². The molecular weight excluding hydrogens is 276 g/mol. The van der Waals surface area contributed by atoms with Crippen LogP contribution in [0.25, 0.3) is 0 Å². The average Bonchev–Trinajstić information content (AvgIpc) is 2.82. The fourth-order valence-electron chi connectivity index (χ4n) is 2.78. The van der Waals surface area contributed by atoms with Crippen LogP contribution in [-0.2, 0) is 20.0 Å². The van der Waals surface area contributed by atoms with Crippen LogP contribution in [0.4, 0.5) is 8.78 Å². The van der Waals surface area contributed by atoms with Crippen LogP contribution in [0, 0.1) is 11.6 Å². The molecule has 0 amide bonds. The van der Waals surface area contributed by atoms with Crippen LogP contribution >= 0.6 is 0 Å². The number of hydrogen-bond acceptors (Lipinski definition) is 3. The molecule has 1 atom stereocenters. The van der Waals surface area contributed by atoms with Gasteiger partial charge in [-0.25, -0.2) is 13.8 Å². The van der Waals surface area contributed by atoms with Crippen molar-refractivity contribution in [2.24, 2.45) is 7.05 Å². The number of hydrogen-bond donors (Lipinski definition) is 1. The summed E-state index contributed by atoms with van der Waals surface area (Å²) >= 11 is 0. The molecule has 1 aromatic carbocycles. The van der Waals surface area contributed by atoms with Crippen LogP contribution < -0.4 is 0 Å². The lowest BCUT2D eigenvalue weighted by atomic mass is 10.1. The summed E-state index contributed by atoms with van der Waals surface area (Å²) in [6.45, 7) is 1.64. The van der Waals surface area contributed by atoms with Crippen LogP contribution in [0.1, 0.15) is 23.1 Å². The number of benzene rings is 1. The molecule has 0 aliphatic carbocycles. The molecule has 0 spiro atoms. The highest BCUT2D eigenvalue weighted by molar-refractivity contribution is 5.22. The molecule has 0 radical (unpaired) electrons. The van der Waals surface area contributed by atoms with Gasteiger partial charge in [0.05, 0.1) is 18.1 Å². The summed E-state index contributed by atoms with van der Waals surface area (Å²) in [4.78, 5) is 6.33. The van der Waals surface area contributed by atoms with E-state index in [-0.39, 0.29) is 12.1 Å². The predicted octanol–water partition coefficient (Wildman–Crippen LogP) is 1.79. The topological polar surface area (TPSA) is 41.3 Å². The monoisotopic (exact) mass is 293 g/mol. The molecule has 0 bridgehead atoms. The van der Waals surface area contributed by atoms with Gasteiger partial charge in [0.15, 0.2) is 0 Å². The molecule has 0 saturated carbocycles. The smallest absolute Gasteiger partial charge is 0.129 e. The minimum absolute atomic E-state index is 0.00168. The van der Waals surface area contributed by atoms with Crippen LogP contribution in [0.5, 0.6) is 0 Å². The standard InChI is InChI=1S/C15H17F2N3O/c1-19-9-18-13-7-20(5-4-14(13)19)8-15(21)11-6-10(16)2-3-12(11)17/h2-3,6,9,15,21H,4-5,7-8H2,1H3. The number of nitrogens with zero attached hydrogens (tertiary/aromatic N) is 3. The Kier molecular flexibility index (Phi) is 3.73. The average molecular weight is 293 g/mol. The maximum atomic E-state index is 13.7. The minimum Gasteiger partial charge on any atom is -0.387 e. The molecule has 1 aliphatic heterocycles. The van der Waals surface area contributed by atoms with E-state index in [9.17, 15) is 13.9 Å². The zero-order chi connectivity index (χ0) is 15.0. The van der Waals surface area contributed by atoms with Gasteiger partial charge in [-0.3, -0.25) is 4.90 Å². The lowest BCUT2D eigenvalue weighted by Crippen LogP contribution is -2.34. The minimum atomic E-state index is -1.05. The van der Waals surface area contributed by atoms with E-state index in [1.54, 1.807) is 6.33 Å². The molecule has 0 fully saturated rings. The molecule has 1 N–H and O–H groups in total. The molecule has 6 heteroatoms. The molecule has 0 saturated heterocycles. The van der Waals surface area contributed by atoms with Crippen molar-refractivity contribution < 1.29 is 13.9 Å². The van der Waals surface area contributed by atoms with Gasteiger partial charge in [0.2, 0.25) is 0 Å². The van der Waals surface area contributed by atoms with Gasteiger partial charge in [-0.2, -0.15) is 0 Å². The number of aliphatic hydroxyl groups is 1. The predicted molar refractivity (Wildman–Crippen MR) is 73.5 cm³/mol. The van der Waals surface area contributed by atoms with Crippen molar-refractivity contribution in [3.05, 3.63) is 53.1 Å². The molecular formula is C15H17F2N3O. The van der Waals surface area contributed by atoms with Crippen molar-refractivity contribution in [1.29, 1.82) is 0 Å². The number of fused-ring (bicyclic) bond motifs is 1. The Morgan fingerprint density at radius 2 is 2.19 bits per heavy atom. The van der Waals surface area contributed by atoms with E-state index < -0.39 is 17.7 Å². The lowest BCUT2D eigenvalue weighted by molar-refractivity contribution is 0.101. The third kappa shape index (κ3) is 2.82. The van der Waals surface area contributed by atoms with Crippen molar-refractivity contribution in [3.63, 3.8) is 0 Å². The Bertz CT molecular complexity index is 656. The first-order chi connectivity index (χ1) is 10.0. The van der Waals surface area contributed by atoms with Gasteiger partial charge >= 0.3 is 0 Å². The van der Waals surface area contributed by atoms with Gasteiger partial charge in [0.25, 0.3) is 0 Å². The molecule has 112 valence electrons. The summed E-state index contributed by atoms with van der Waals surface area (Å²) < 4.78 is 28.8. The Balaban J connectivity index is 1.71. The van der Waals surface area contributed by atoms with Gasteiger partial charge in [0, 0.05) is 44.4 Å². The number of aryl methyl sites for hydroxylation is 1. The summed E-state index contributed by atoms with van der Waals surface area (Å²) in [5.74, 6) is -1.13. The third-order valence-electron chi connectivity index (χ3n) is 3.93. The molecule has 1 aliphatic rings. The highest BCUT2D eigenvalue weighted by Crippen LogP contribution is 2.23. The first-order valence-electron chi connectivity index (χ1n) is 6.89. The van der Waals surface area contributed by atoms with E-state index in [1.165, 1.54) is 5.69 Å². The largest absolute Gasteiger partial charge is 0.387 e. The zero-order valence-electron chi connectivity index (χ0n) is 11.8. The van der Waals surface area contributed by atoms with E-state index in [1.807, 2.05) is 16.5 Å². The molecule has 4 nitrogen and oxygen atoms in total. The first kappa shape index (κ1) is 14.2. The summed E-state index contributed by atoms with van der Waals surface area (Å²) in [6, 6.07) is 3.14. The second-order valence-electron chi connectivity index (χ2n) is 5.42. The Morgan fingerprint density at radius 3 is 3.00 bits per heavy atom. The van der Waals surface area contributed by atoms with Crippen molar-refractivity contribution in [2.75, 3.05) is 13.1 Å². The maximum absolute atomic E-state index is 13.7. The second-order valence-corrected chi connectivity index (χ2v) is 5.42. The van der Waals surface area contributed by atoms with Crippen LogP contribution in [0.15, 0.2) is 24.5 Å². The highest BCUT2D eigenvalue weighted by Gasteiger charge is 2.23. The van der Waals surface area contributed by atoms with Crippen molar-refractivity contribution in [3.8, 4) is 0 Å². The van der Waals surface area contributed by atoms with E-state index in [0.717, 1.165) is 36.9 Å². The number of β-amino-alcohol motifs (C(OH)–C–C–N with tert-alkyl or cyclic N) is 1. The van der Waals surface area contributed by atoms with E-state index in [4.69, 9.17) is 0 Å². The zero-order valence-corrected chi connectivity index (χ0v) is 11.8. The van der Waals surface area contributed by atoms with Gasteiger partial charge in [-0.1, -0.05) is 0 Å². The fraction of sp³-hybridized carbons (Fsp3) is 0.400. The summed E-state index contributed by atoms with van der Waals surface area (Å²) in [5.41, 5.74) is 2.18. The normalized spacial score (nSPS) is 16.8. The maximum Gasteiger partial charge on any atom is 0.129 e. The number of rotatable bonds is 3. The van der Waals surface area contributed by atoms with Gasteiger partial charge < -0.3 is 9.67 Å². The summed E-state index contributed by atoms with van der Waals surface area (Å²) in [7, 11) is 1.96. The van der Waals surface area contributed by atoms with Crippen LogP contribution in [0.3, 0.4) is 0 Å². The molecule has 2 heterocycles. The van der Waals surface area contributed by atoms with Crippen molar-refractivity contribution in [1.82, 2.24) is 14.5 Å². The second kappa shape index (κ2) is 5.54. The fourth-order valence-corrected chi connectivity index (χ4v) is 2.78. The van der Waals surface area contributed by atoms with Crippen molar-refractivity contribution in [2.45, 2.75) is 19.1 Å². The SMILES string of the molecule is Cn1cnc2c1CCN(CC(O)c1cc(F)ccc1F)C2. The number of aliphatic hydroxyl groups excluding tert-OH is 1. The van der Waals surface area contributed by atoms with Gasteiger partial charge in [-0.15, -0.1) is 0 Å². The first-order valence-corrected chi connectivity index (χ1v) is 6.89. The summed E-state index contributed by atoms with van der Waals surface area (Å²) in [6.07, 6.45) is 1.56. The molecule has 21 heavy (non-hydrogen) atoms. The van der Waals surface area contributed by atoms with E-state index >= 15 is 0 Å². The van der Waals surface area contributed by atoms with E-state index in [2.05, 4.69) is 4.98 Å². The van der Waals surface area contributed by atoms with Crippen molar-refractivity contribution >= 4 is 0 Å². The van der Waals surface area contributed by atoms with Gasteiger partial charge in [0.1, 0.15) is 11.6 Å². The quantitative estimate of drug-likeness (QED) is 0.938. The lowest BCUT2D eigenvalue weighted by Gasteiger charge is -2.28. The van der Waals surface area contributed by atoms with Crippen LogP contribution in [-0.4, -0.2) is 32.6 Å². The summed E-state index contributed by atoms with van der Waals surface area (Å²) in [5, 5.41) is 10.2. The van der Waals surface area contributed by atoms with E-state index in [0.29, 0.717) is 6.54 Å².